The molecule has 28 heavy (non-hydrogen) atoms. The molecule has 1 N–H and O–H groups in total. The topological polar surface area (TPSA) is 77.4 Å². The van der Waals surface area contributed by atoms with E-state index in [1.165, 1.54) is 4.57 Å². The van der Waals surface area contributed by atoms with Gasteiger partial charge in [0.1, 0.15) is 5.56 Å². The SMILES string of the molecule is CC(C)C(=O)Oc1c(C(=O)Nc2ccccc2)c(=O)n(C)c2ccc(Cl)cc12. The molecule has 1 aromatic heterocycles. The number of pyridine rings is 1. The van der Waals surface area contributed by atoms with Crippen LogP contribution in [0.5, 0.6) is 5.75 Å². The number of hydrogen-bond donors (Lipinski definition) is 1. The van der Waals surface area contributed by atoms with Gasteiger partial charge in [-0.15, -0.1) is 0 Å². The van der Waals surface area contributed by atoms with Gasteiger partial charge in [-0.2, -0.15) is 0 Å². The van der Waals surface area contributed by atoms with Gasteiger partial charge in [0.05, 0.1) is 11.4 Å². The smallest absolute Gasteiger partial charge is 0.313 e. The number of aromatic nitrogens is 1. The predicted octanol–water partition coefficient (Wildman–Crippen LogP) is 4.01. The molecule has 3 aromatic rings. The summed E-state index contributed by atoms with van der Waals surface area (Å²) >= 11 is 6.12. The third kappa shape index (κ3) is 3.77. The Balaban J connectivity index is 2.24. The number of benzene rings is 2. The maximum atomic E-state index is 12.9. The number of anilines is 1. The number of rotatable bonds is 4. The van der Waals surface area contributed by atoms with E-state index < -0.39 is 23.4 Å². The number of ether oxygens (including phenoxy) is 1. The fourth-order valence-corrected chi connectivity index (χ4v) is 2.90. The second-order valence-electron chi connectivity index (χ2n) is 6.63. The summed E-state index contributed by atoms with van der Waals surface area (Å²) in [7, 11) is 1.55. The van der Waals surface area contributed by atoms with Gasteiger partial charge in [-0.25, -0.2) is 0 Å². The summed E-state index contributed by atoms with van der Waals surface area (Å²) in [5.74, 6) is -1.75. The number of esters is 1. The highest BCUT2D eigenvalue weighted by atomic mass is 35.5. The first-order valence-electron chi connectivity index (χ1n) is 8.70. The summed E-state index contributed by atoms with van der Waals surface area (Å²) in [4.78, 5) is 38.2. The number of nitrogens with zero attached hydrogens (tertiary/aromatic N) is 1. The minimum Gasteiger partial charge on any atom is -0.425 e. The fraction of sp³-hybridized carbons (Fsp3) is 0.190. The first-order chi connectivity index (χ1) is 13.3. The highest BCUT2D eigenvalue weighted by molar-refractivity contribution is 6.31. The van der Waals surface area contributed by atoms with Gasteiger partial charge in [0.15, 0.2) is 5.75 Å². The Hall–Kier alpha value is -3.12. The van der Waals surface area contributed by atoms with Crippen LogP contribution in [0.25, 0.3) is 10.9 Å². The molecule has 0 aliphatic carbocycles. The van der Waals surface area contributed by atoms with Crippen molar-refractivity contribution in [2.75, 3.05) is 5.32 Å². The maximum absolute atomic E-state index is 12.9. The summed E-state index contributed by atoms with van der Waals surface area (Å²) in [6.45, 7) is 3.34. The van der Waals surface area contributed by atoms with Crippen molar-refractivity contribution < 1.29 is 14.3 Å². The monoisotopic (exact) mass is 398 g/mol. The minimum absolute atomic E-state index is 0.0901. The van der Waals surface area contributed by atoms with Gasteiger partial charge in [0.25, 0.3) is 11.5 Å². The summed E-state index contributed by atoms with van der Waals surface area (Å²) < 4.78 is 6.83. The number of amides is 1. The molecular formula is C21H19ClN2O4. The zero-order valence-electron chi connectivity index (χ0n) is 15.7. The van der Waals surface area contributed by atoms with E-state index in [1.807, 2.05) is 6.07 Å². The molecular weight excluding hydrogens is 380 g/mol. The van der Waals surface area contributed by atoms with Gasteiger partial charge in [-0.1, -0.05) is 43.6 Å². The molecule has 6 nitrogen and oxygen atoms in total. The lowest BCUT2D eigenvalue weighted by molar-refractivity contribution is -0.137. The molecule has 7 heteroatoms. The number of carbonyl (C=O) groups is 2. The van der Waals surface area contributed by atoms with Crippen molar-refractivity contribution in [3.05, 3.63) is 69.5 Å². The first-order valence-corrected chi connectivity index (χ1v) is 9.07. The summed E-state index contributed by atoms with van der Waals surface area (Å²) in [6.07, 6.45) is 0. The van der Waals surface area contributed by atoms with Crippen LogP contribution in [-0.2, 0) is 11.8 Å². The second kappa shape index (κ2) is 7.86. The minimum atomic E-state index is -0.666. The Morgan fingerprint density at radius 2 is 1.79 bits per heavy atom. The molecule has 0 aliphatic heterocycles. The van der Waals surface area contributed by atoms with Crippen LogP contribution in [0.2, 0.25) is 5.02 Å². The van der Waals surface area contributed by atoms with E-state index in [2.05, 4.69) is 5.32 Å². The van der Waals surface area contributed by atoms with E-state index in [0.29, 0.717) is 21.6 Å². The van der Waals surface area contributed by atoms with Crippen LogP contribution in [0.1, 0.15) is 24.2 Å². The average Bonchev–Trinajstić information content (AvgIpc) is 2.66. The van der Waals surface area contributed by atoms with Crippen LogP contribution in [-0.4, -0.2) is 16.4 Å². The number of halogens is 1. The zero-order valence-corrected chi connectivity index (χ0v) is 16.4. The molecule has 2 aromatic carbocycles. The molecule has 1 amide bonds. The largest absolute Gasteiger partial charge is 0.425 e. The molecule has 0 fully saturated rings. The molecule has 0 unspecified atom stereocenters. The number of para-hydroxylation sites is 1. The van der Waals surface area contributed by atoms with Crippen molar-refractivity contribution in [3.63, 3.8) is 0 Å². The second-order valence-corrected chi connectivity index (χ2v) is 7.06. The van der Waals surface area contributed by atoms with Crippen molar-refractivity contribution in [2.45, 2.75) is 13.8 Å². The van der Waals surface area contributed by atoms with Crippen molar-refractivity contribution in [3.8, 4) is 5.75 Å². The highest BCUT2D eigenvalue weighted by Crippen LogP contribution is 2.31. The van der Waals surface area contributed by atoms with E-state index in [4.69, 9.17) is 16.3 Å². The lowest BCUT2D eigenvalue weighted by Gasteiger charge is -2.16. The van der Waals surface area contributed by atoms with Crippen LogP contribution in [0.3, 0.4) is 0 Å². The van der Waals surface area contributed by atoms with Crippen molar-refractivity contribution >= 4 is 40.1 Å². The van der Waals surface area contributed by atoms with Crippen LogP contribution in [0.15, 0.2) is 53.3 Å². The fourth-order valence-electron chi connectivity index (χ4n) is 2.73. The van der Waals surface area contributed by atoms with E-state index >= 15 is 0 Å². The Kier molecular flexibility index (Phi) is 5.51. The first kappa shape index (κ1) is 19.6. The van der Waals surface area contributed by atoms with Gasteiger partial charge in [-0.3, -0.25) is 14.4 Å². The number of fused-ring (bicyclic) bond motifs is 1. The van der Waals surface area contributed by atoms with Crippen LogP contribution < -0.4 is 15.6 Å². The Bertz CT molecular complexity index is 1120. The number of hydrogen-bond acceptors (Lipinski definition) is 4. The third-order valence-corrected chi connectivity index (χ3v) is 4.48. The number of nitrogens with one attached hydrogen (secondary N) is 1. The molecule has 0 saturated heterocycles. The van der Waals surface area contributed by atoms with Crippen LogP contribution >= 0.6 is 11.6 Å². The predicted molar refractivity (Wildman–Crippen MR) is 109 cm³/mol. The molecule has 1 heterocycles. The molecule has 0 atom stereocenters. The van der Waals surface area contributed by atoms with E-state index in [1.54, 1.807) is 63.4 Å². The van der Waals surface area contributed by atoms with Crippen molar-refractivity contribution in [1.29, 1.82) is 0 Å². The quantitative estimate of drug-likeness (QED) is 0.674. The Labute approximate surface area is 166 Å². The van der Waals surface area contributed by atoms with Crippen molar-refractivity contribution in [2.24, 2.45) is 13.0 Å². The van der Waals surface area contributed by atoms with E-state index in [-0.39, 0.29) is 11.3 Å². The van der Waals surface area contributed by atoms with Gasteiger partial charge in [-0.05, 0) is 30.3 Å². The molecule has 0 radical (unpaired) electrons. The van der Waals surface area contributed by atoms with Crippen molar-refractivity contribution in [1.82, 2.24) is 4.57 Å². The van der Waals surface area contributed by atoms with Gasteiger partial charge >= 0.3 is 5.97 Å². The molecule has 0 bridgehead atoms. The lowest BCUT2D eigenvalue weighted by Crippen LogP contribution is -2.30. The molecule has 3 rings (SSSR count). The number of carbonyl (C=O) groups excluding carboxylic acids is 2. The Morgan fingerprint density at radius 1 is 1.11 bits per heavy atom. The summed E-state index contributed by atoms with van der Waals surface area (Å²) in [5.41, 5.74) is 0.184. The third-order valence-electron chi connectivity index (χ3n) is 4.24. The normalized spacial score (nSPS) is 10.9. The zero-order chi connectivity index (χ0) is 20.4. The summed E-state index contributed by atoms with van der Waals surface area (Å²) in [5, 5.41) is 3.47. The van der Waals surface area contributed by atoms with E-state index in [9.17, 15) is 14.4 Å². The molecule has 144 valence electrons. The molecule has 0 aliphatic rings. The standard InChI is InChI=1S/C21H19ClN2O4/c1-12(2)21(27)28-18-15-11-13(22)9-10-16(15)24(3)20(26)17(18)19(25)23-14-7-5-4-6-8-14/h4-12H,1-3H3,(H,23,25). The molecule has 0 spiro atoms. The van der Waals surface area contributed by atoms with Gasteiger partial charge < -0.3 is 14.6 Å². The molecule has 0 saturated carbocycles. The lowest BCUT2D eigenvalue weighted by atomic mass is 10.1. The van der Waals surface area contributed by atoms with Crippen LogP contribution in [0.4, 0.5) is 5.69 Å². The highest BCUT2D eigenvalue weighted by Gasteiger charge is 2.25. The maximum Gasteiger partial charge on any atom is 0.313 e. The average molecular weight is 399 g/mol. The van der Waals surface area contributed by atoms with Crippen LogP contribution in [0, 0.1) is 5.92 Å². The van der Waals surface area contributed by atoms with Gasteiger partial charge in [0.2, 0.25) is 0 Å². The van der Waals surface area contributed by atoms with Gasteiger partial charge in [0, 0.05) is 23.1 Å². The van der Waals surface area contributed by atoms with E-state index in [0.717, 1.165) is 0 Å². The summed E-state index contributed by atoms with van der Waals surface area (Å²) in [6, 6.07) is 13.5. The number of aryl methyl sites for hydroxylation is 1. The Morgan fingerprint density at radius 3 is 2.43 bits per heavy atom.